The van der Waals surface area contributed by atoms with E-state index in [-0.39, 0.29) is 25.0 Å². The van der Waals surface area contributed by atoms with Gasteiger partial charge in [-0.25, -0.2) is 0 Å². The minimum Gasteiger partial charge on any atom is -0.459 e. The molecule has 0 aliphatic carbocycles. The highest BCUT2D eigenvalue weighted by Crippen LogP contribution is 2.38. The number of nitrogens with zero attached hydrogens (tertiary/aromatic N) is 1. The summed E-state index contributed by atoms with van der Waals surface area (Å²) in [5.74, 6) is -4.86. The maximum absolute atomic E-state index is 13.3. The molecule has 1 aromatic heterocycles. The highest BCUT2D eigenvalue weighted by Gasteiger charge is 2.51. The van der Waals surface area contributed by atoms with Crippen LogP contribution in [0.2, 0.25) is 0 Å². The van der Waals surface area contributed by atoms with E-state index in [1.807, 2.05) is 0 Å². The largest absolute Gasteiger partial charge is 0.459 e. The molecular weight excluding hydrogens is 602 g/mol. The van der Waals surface area contributed by atoms with E-state index in [1.54, 1.807) is 40.7 Å². The fourth-order valence-corrected chi connectivity index (χ4v) is 7.19. The van der Waals surface area contributed by atoms with Crippen LogP contribution in [-0.4, -0.2) is 121 Å². The summed E-state index contributed by atoms with van der Waals surface area (Å²) in [7, 11) is 1.53. The van der Waals surface area contributed by atoms with Crippen molar-refractivity contribution in [2.75, 3.05) is 7.05 Å². The van der Waals surface area contributed by atoms with Crippen LogP contribution in [0.4, 0.5) is 0 Å². The van der Waals surface area contributed by atoms with Crippen LogP contribution >= 0.6 is 0 Å². The van der Waals surface area contributed by atoms with Gasteiger partial charge in [0.1, 0.15) is 17.8 Å². The predicted molar refractivity (Wildman–Crippen MR) is 165 cm³/mol. The number of carbonyl (C=O) groups excluding carboxylic acids is 2. The molecule has 264 valence electrons. The lowest BCUT2D eigenvalue weighted by molar-refractivity contribution is -0.299. The third-order valence-corrected chi connectivity index (χ3v) is 10.2. The number of hydrogen-bond acceptors (Lipinski definition) is 12. The van der Waals surface area contributed by atoms with Gasteiger partial charge in [-0.2, -0.15) is 0 Å². The van der Waals surface area contributed by atoms with Crippen molar-refractivity contribution < 1.29 is 58.9 Å². The zero-order valence-electron chi connectivity index (χ0n) is 28.4. The Morgan fingerprint density at radius 1 is 1.02 bits per heavy atom. The Morgan fingerprint density at radius 2 is 1.65 bits per heavy atom. The zero-order valence-corrected chi connectivity index (χ0v) is 28.4. The molecule has 2 fully saturated rings. The lowest BCUT2D eigenvalue weighted by Crippen LogP contribution is -2.61. The van der Waals surface area contributed by atoms with Crippen LogP contribution in [0.15, 0.2) is 22.8 Å². The molecule has 0 aromatic carbocycles. The first kappa shape index (κ1) is 38.3. The minimum absolute atomic E-state index is 0.0934. The van der Waals surface area contributed by atoms with Crippen molar-refractivity contribution >= 4 is 11.9 Å². The number of hydrogen-bond donors (Lipinski definition) is 6. The quantitative estimate of drug-likeness (QED) is 0.250. The average molecular weight is 658 g/mol. The normalized spacial score (nSPS) is 45.0. The summed E-state index contributed by atoms with van der Waals surface area (Å²) in [6.07, 6.45) is -8.07. The second kappa shape index (κ2) is 15.0. The smallest absolute Gasteiger partial charge is 0.311 e. The molecule has 13 heteroatoms. The van der Waals surface area contributed by atoms with E-state index >= 15 is 0 Å². The lowest BCUT2D eigenvalue weighted by atomic mass is 9.73. The monoisotopic (exact) mass is 657 g/mol. The number of aliphatic hydroxyl groups is 6. The molecule has 6 N–H and O–H groups in total. The molecule has 2 aliphatic heterocycles. The van der Waals surface area contributed by atoms with Crippen LogP contribution in [0.5, 0.6) is 0 Å². The van der Waals surface area contributed by atoms with E-state index in [1.165, 1.54) is 45.0 Å². The van der Waals surface area contributed by atoms with E-state index in [2.05, 4.69) is 0 Å². The van der Waals surface area contributed by atoms with Crippen molar-refractivity contribution in [2.45, 2.75) is 141 Å². The number of likely N-dealkylation sites (N-methyl/N-ethyl adjacent to an activating group) is 1. The lowest BCUT2D eigenvalue weighted by Gasteiger charge is -2.47. The first-order chi connectivity index (χ1) is 21.3. The number of furan rings is 1. The third-order valence-electron chi connectivity index (χ3n) is 10.2. The first-order valence-electron chi connectivity index (χ1n) is 16.2. The molecule has 3 heterocycles. The van der Waals surface area contributed by atoms with E-state index in [4.69, 9.17) is 18.6 Å². The third kappa shape index (κ3) is 7.95. The molecule has 1 aromatic rings. The Hall–Kier alpha value is -2.10. The van der Waals surface area contributed by atoms with Crippen molar-refractivity contribution in [3.8, 4) is 0 Å². The van der Waals surface area contributed by atoms with Gasteiger partial charge >= 0.3 is 5.97 Å². The highest BCUT2D eigenvalue weighted by molar-refractivity contribution is 5.91. The Labute approximate surface area is 271 Å². The standard InChI is InChI=1S/C33H55NO12/c1-10-23-33(8,42)27(38)18(4)24(35)16(2)15-32(7,41)28(19(5)25(36)20(6)30(40)45-23)46-31-26(37)21(14-17(3)44-31)34(9)29(39)22-12-11-13-43-22/h11-13,16-21,23-28,31,35-38,41-42H,10,14-15H2,1-9H3/t16-,17-,18+,19+,20-,21+,23-,24+,25+,26-,27-,28-,31+,32?,33-/m1/s1. The molecule has 15 atom stereocenters. The van der Waals surface area contributed by atoms with Crippen LogP contribution < -0.4 is 0 Å². The number of aliphatic hydroxyl groups excluding tert-OH is 4. The van der Waals surface area contributed by atoms with E-state index in [0.717, 1.165) is 0 Å². The molecule has 13 nitrogen and oxygen atoms in total. The van der Waals surface area contributed by atoms with Gasteiger partial charge in [-0.1, -0.05) is 27.7 Å². The predicted octanol–water partition coefficient (Wildman–Crippen LogP) is 1.46. The fourth-order valence-electron chi connectivity index (χ4n) is 7.19. The molecule has 0 saturated carbocycles. The van der Waals surface area contributed by atoms with Gasteiger partial charge in [0, 0.05) is 18.9 Å². The number of rotatable bonds is 5. The summed E-state index contributed by atoms with van der Waals surface area (Å²) in [4.78, 5) is 27.7. The van der Waals surface area contributed by atoms with E-state index in [0.29, 0.717) is 0 Å². The van der Waals surface area contributed by atoms with Gasteiger partial charge in [0.2, 0.25) is 0 Å². The second-order valence-electron chi connectivity index (χ2n) is 14.1. The fraction of sp³-hybridized carbons (Fsp3) is 0.818. The minimum atomic E-state index is -1.92. The zero-order chi connectivity index (χ0) is 34.9. The highest BCUT2D eigenvalue weighted by atomic mass is 16.7. The molecular formula is C33H55NO12. The SMILES string of the molecule is CC[C@H]1OC(=O)[C@H](C)[C@@H](O)[C@H](C)[C@@H](O[C@@H]2O[C@H](C)C[C@H](N(C)C(=O)c3ccco3)[C@H]2O)C(C)(O)C[C@@H](C)[C@H](O)[C@H](C)[C@@H](O)[C@]1(C)O. The van der Waals surface area contributed by atoms with Crippen LogP contribution in [0.25, 0.3) is 0 Å². The second-order valence-corrected chi connectivity index (χ2v) is 14.1. The van der Waals surface area contributed by atoms with Crippen molar-refractivity contribution in [2.24, 2.45) is 23.7 Å². The van der Waals surface area contributed by atoms with Crippen molar-refractivity contribution in [1.29, 1.82) is 0 Å². The Balaban J connectivity index is 1.99. The number of esters is 1. The Bertz CT molecular complexity index is 1140. The molecule has 2 aliphatic rings. The molecule has 0 bridgehead atoms. The molecule has 0 radical (unpaired) electrons. The summed E-state index contributed by atoms with van der Waals surface area (Å²) in [5, 5.41) is 68.7. The van der Waals surface area contributed by atoms with E-state index in [9.17, 15) is 40.2 Å². The van der Waals surface area contributed by atoms with Gasteiger partial charge in [0.05, 0.1) is 54.3 Å². The van der Waals surface area contributed by atoms with Crippen molar-refractivity contribution in [3.05, 3.63) is 24.2 Å². The summed E-state index contributed by atoms with van der Waals surface area (Å²) in [5.41, 5.74) is -3.71. The van der Waals surface area contributed by atoms with Gasteiger partial charge in [-0.3, -0.25) is 9.59 Å². The molecule has 2 saturated heterocycles. The average Bonchev–Trinajstić information content (AvgIpc) is 3.55. The van der Waals surface area contributed by atoms with Crippen LogP contribution in [0.1, 0.15) is 85.2 Å². The van der Waals surface area contributed by atoms with Crippen molar-refractivity contribution in [3.63, 3.8) is 0 Å². The topological polar surface area (TPSA) is 200 Å². The van der Waals surface area contributed by atoms with Crippen molar-refractivity contribution in [1.82, 2.24) is 4.90 Å². The van der Waals surface area contributed by atoms with Crippen LogP contribution in [-0.2, 0) is 19.0 Å². The van der Waals surface area contributed by atoms with E-state index < -0.39 is 102 Å². The van der Waals surface area contributed by atoms with Gasteiger partial charge < -0.3 is 54.2 Å². The molecule has 1 amide bonds. The number of amides is 1. The maximum Gasteiger partial charge on any atom is 0.311 e. The summed E-state index contributed by atoms with van der Waals surface area (Å²) in [6.45, 7) is 12.5. The summed E-state index contributed by atoms with van der Waals surface area (Å²) < 4.78 is 23.2. The molecule has 0 spiro atoms. The molecule has 46 heavy (non-hydrogen) atoms. The molecule has 1 unspecified atom stereocenters. The van der Waals surface area contributed by atoms with Crippen LogP contribution in [0.3, 0.4) is 0 Å². The van der Waals surface area contributed by atoms with Gasteiger partial charge in [-0.15, -0.1) is 0 Å². The Kier molecular flexibility index (Phi) is 12.5. The van der Waals surface area contributed by atoms with Crippen LogP contribution in [0, 0.1) is 23.7 Å². The Morgan fingerprint density at radius 3 is 2.22 bits per heavy atom. The van der Waals surface area contributed by atoms with Gasteiger partial charge in [0.15, 0.2) is 12.1 Å². The number of cyclic esters (lactones) is 1. The number of ether oxygens (including phenoxy) is 3. The summed E-state index contributed by atoms with van der Waals surface area (Å²) >= 11 is 0. The number of carbonyl (C=O) groups is 2. The first-order valence-corrected chi connectivity index (χ1v) is 16.2. The summed E-state index contributed by atoms with van der Waals surface area (Å²) in [6, 6.07) is 2.34. The maximum atomic E-state index is 13.3. The van der Waals surface area contributed by atoms with Gasteiger partial charge in [-0.05, 0) is 65.0 Å². The molecule has 3 rings (SSSR count). The van der Waals surface area contributed by atoms with Gasteiger partial charge in [0.25, 0.3) is 5.91 Å².